The van der Waals surface area contributed by atoms with Gasteiger partial charge in [0, 0.05) is 11.8 Å². The summed E-state index contributed by atoms with van der Waals surface area (Å²) in [4.78, 5) is 23.9. The molecule has 0 aliphatic rings. The Bertz CT molecular complexity index is 856. The summed E-state index contributed by atoms with van der Waals surface area (Å²) in [5.74, 6) is 0.0133. The summed E-state index contributed by atoms with van der Waals surface area (Å²) >= 11 is 0. The zero-order chi connectivity index (χ0) is 19.9. The molecule has 2 aromatic rings. The number of Topliss-reactive ketones (excluding diaryl/α,β-unsaturated/α-hetero) is 1. The number of hydrogen-bond donors (Lipinski definition) is 0. The lowest BCUT2D eigenvalue weighted by Gasteiger charge is -2.07. The van der Waals surface area contributed by atoms with E-state index in [9.17, 15) is 9.59 Å². The van der Waals surface area contributed by atoms with Gasteiger partial charge in [-0.2, -0.15) is 0 Å². The standard InChI is InChI=1S/C14H17N4O3.CH4O3S/c1-10(14(20)11-7-5-4-6-8-11)18-12(9-13(19)21-3)17(2)15-16-18;1-5(2,3)4/h4-8,10H,9H2,1-3H3;1H3,(H,2,3,4)/q+1;/p-1. The Hall–Kier alpha value is -2.66. The van der Waals surface area contributed by atoms with E-state index in [0.29, 0.717) is 17.6 Å². The first-order valence-electron chi connectivity index (χ1n) is 7.42. The molecule has 142 valence electrons. The molecule has 0 saturated carbocycles. The van der Waals surface area contributed by atoms with Crippen LogP contribution in [0.3, 0.4) is 0 Å². The third-order valence-corrected chi connectivity index (χ3v) is 3.24. The lowest BCUT2D eigenvalue weighted by molar-refractivity contribution is -0.738. The third-order valence-electron chi connectivity index (χ3n) is 3.24. The normalized spacial score (nSPS) is 11.9. The molecule has 26 heavy (non-hydrogen) atoms. The maximum Gasteiger partial charge on any atom is 0.316 e. The average molecular weight is 384 g/mol. The lowest BCUT2D eigenvalue weighted by Crippen LogP contribution is -2.38. The van der Waals surface area contributed by atoms with Gasteiger partial charge in [0.15, 0.2) is 11.3 Å². The lowest BCUT2D eigenvalue weighted by atomic mass is 10.1. The minimum absolute atomic E-state index is 0.00636. The van der Waals surface area contributed by atoms with Crippen LogP contribution in [0.4, 0.5) is 0 Å². The third kappa shape index (κ3) is 6.69. The van der Waals surface area contributed by atoms with Gasteiger partial charge in [-0.3, -0.25) is 9.59 Å². The van der Waals surface area contributed by atoms with Crippen molar-refractivity contribution in [2.45, 2.75) is 19.4 Å². The maximum absolute atomic E-state index is 12.4. The van der Waals surface area contributed by atoms with E-state index in [2.05, 4.69) is 15.2 Å². The Morgan fingerprint density at radius 2 is 1.85 bits per heavy atom. The summed E-state index contributed by atoms with van der Waals surface area (Å²) in [5, 5.41) is 7.82. The van der Waals surface area contributed by atoms with Gasteiger partial charge in [0.2, 0.25) is 5.78 Å². The molecule has 10 nitrogen and oxygen atoms in total. The molecule has 0 aliphatic carbocycles. The highest BCUT2D eigenvalue weighted by molar-refractivity contribution is 7.84. The van der Waals surface area contributed by atoms with Gasteiger partial charge >= 0.3 is 5.97 Å². The second-order valence-corrected chi connectivity index (χ2v) is 6.73. The van der Waals surface area contributed by atoms with E-state index in [1.54, 1.807) is 38.2 Å². The summed E-state index contributed by atoms with van der Waals surface area (Å²) in [5.41, 5.74) is 0.590. The van der Waals surface area contributed by atoms with Gasteiger partial charge in [0.25, 0.3) is 5.82 Å². The predicted molar refractivity (Wildman–Crippen MR) is 88.0 cm³/mol. The number of esters is 1. The smallest absolute Gasteiger partial charge is 0.316 e. The van der Waals surface area contributed by atoms with Crippen molar-refractivity contribution >= 4 is 21.9 Å². The van der Waals surface area contributed by atoms with Crippen molar-refractivity contribution in [3.8, 4) is 0 Å². The number of nitrogens with zero attached hydrogens (tertiary/aromatic N) is 4. The van der Waals surface area contributed by atoms with Gasteiger partial charge in [0.1, 0.15) is 11.6 Å². The van der Waals surface area contributed by atoms with E-state index < -0.39 is 22.1 Å². The molecule has 1 heterocycles. The van der Waals surface area contributed by atoms with Crippen LogP contribution in [0.5, 0.6) is 0 Å². The van der Waals surface area contributed by atoms with Crippen molar-refractivity contribution in [2.75, 3.05) is 13.4 Å². The van der Waals surface area contributed by atoms with Crippen molar-refractivity contribution < 1.29 is 32.0 Å². The molecule has 1 aromatic carbocycles. The van der Waals surface area contributed by atoms with Crippen molar-refractivity contribution in [3.63, 3.8) is 0 Å². The monoisotopic (exact) mass is 384 g/mol. The van der Waals surface area contributed by atoms with Gasteiger partial charge in [-0.15, -0.1) is 4.68 Å². The Morgan fingerprint density at radius 1 is 1.31 bits per heavy atom. The number of methoxy groups -OCH3 is 1. The first kappa shape index (κ1) is 21.4. The number of carbonyl (C=O) groups is 2. The number of rotatable bonds is 5. The van der Waals surface area contributed by atoms with Crippen molar-refractivity contribution in [2.24, 2.45) is 7.05 Å². The molecule has 1 aromatic heterocycles. The van der Waals surface area contributed by atoms with Crippen LogP contribution in [-0.2, 0) is 33.1 Å². The van der Waals surface area contributed by atoms with Crippen molar-refractivity contribution in [3.05, 3.63) is 41.7 Å². The van der Waals surface area contributed by atoms with Crippen LogP contribution in [0.1, 0.15) is 29.1 Å². The van der Waals surface area contributed by atoms with Gasteiger partial charge in [-0.25, -0.2) is 8.42 Å². The fraction of sp³-hybridized carbons (Fsp3) is 0.400. The van der Waals surface area contributed by atoms with Gasteiger partial charge in [-0.05, 0) is 6.92 Å². The summed E-state index contributed by atoms with van der Waals surface area (Å²) < 4.78 is 34.8. The molecule has 0 radical (unpaired) electrons. The first-order chi connectivity index (χ1) is 12.0. The number of ketones is 1. The molecule has 0 bridgehead atoms. The van der Waals surface area contributed by atoms with Gasteiger partial charge in [-0.1, -0.05) is 35.0 Å². The molecular weight excluding hydrogens is 364 g/mol. The summed E-state index contributed by atoms with van der Waals surface area (Å²) in [7, 11) is -0.934. The summed E-state index contributed by atoms with van der Waals surface area (Å²) in [6.45, 7) is 1.73. The second kappa shape index (κ2) is 9.15. The zero-order valence-corrected chi connectivity index (χ0v) is 15.6. The van der Waals surface area contributed by atoms with Crippen molar-refractivity contribution in [1.29, 1.82) is 0 Å². The van der Waals surface area contributed by atoms with E-state index in [1.165, 1.54) is 16.5 Å². The topological polar surface area (TPSA) is 135 Å². The fourth-order valence-corrected chi connectivity index (χ4v) is 2.01. The van der Waals surface area contributed by atoms with Gasteiger partial charge in [0.05, 0.1) is 24.3 Å². The molecule has 0 amide bonds. The highest BCUT2D eigenvalue weighted by Crippen LogP contribution is 2.14. The number of tetrazole rings is 1. The maximum atomic E-state index is 12.4. The van der Waals surface area contributed by atoms with Crippen LogP contribution in [0.2, 0.25) is 0 Å². The molecular formula is C15H20N4O6S. The SMILES string of the molecule is COC(=O)Cc1n(C(C)C(=O)c2ccccc2)nn[n+]1C.CS(=O)(=O)[O-]. The number of aromatic nitrogens is 4. The predicted octanol–water partition coefficient (Wildman–Crippen LogP) is -0.577. The first-order valence-corrected chi connectivity index (χ1v) is 9.23. The highest BCUT2D eigenvalue weighted by atomic mass is 32.2. The Balaban J connectivity index is 0.000000597. The molecule has 1 atom stereocenters. The molecule has 11 heteroatoms. The van der Waals surface area contributed by atoms with Crippen LogP contribution >= 0.6 is 0 Å². The van der Waals surface area contributed by atoms with Crippen LogP contribution in [0.15, 0.2) is 30.3 Å². The van der Waals surface area contributed by atoms with Crippen LogP contribution < -0.4 is 4.68 Å². The minimum atomic E-state index is -3.92. The minimum Gasteiger partial charge on any atom is -0.748 e. The Kier molecular flexibility index (Phi) is 7.53. The van der Waals surface area contributed by atoms with Gasteiger partial charge < -0.3 is 9.29 Å². The number of carbonyl (C=O) groups excluding carboxylic acids is 2. The largest absolute Gasteiger partial charge is 0.748 e. The van der Waals surface area contributed by atoms with Crippen LogP contribution in [-0.4, -0.2) is 53.2 Å². The molecule has 2 rings (SSSR count). The molecule has 0 aliphatic heterocycles. The van der Waals surface area contributed by atoms with E-state index in [-0.39, 0.29) is 12.2 Å². The molecule has 0 spiro atoms. The molecule has 0 fully saturated rings. The Morgan fingerprint density at radius 3 is 2.35 bits per heavy atom. The zero-order valence-electron chi connectivity index (χ0n) is 14.8. The Labute approximate surface area is 151 Å². The number of ether oxygens (including phenoxy) is 1. The number of hydrogen-bond acceptors (Lipinski definition) is 8. The van der Waals surface area contributed by atoms with Crippen molar-refractivity contribution in [1.82, 2.24) is 15.1 Å². The van der Waals surface area contributed by atoms with E-state index in [4.69, 9.17) is 13.0 Å². The summed E-state index contributed by atoms with van der Waals surface area (Å²) in [6.07, 6.45) is 0.611. The highest BCUT2D eigenvalue weighted by Gasteiger charge is 2.30. The fourth-order valence-electron chi connectivity index (χ4n) is 2.01. The second-order valence-electron chi connectivity index (χ2n) is 5.33. The summed E-state index contributed by atoms with van der Waals surface area (Å²) in [6, 6.07) is 8.39. The van der Waals surface area contributed by atoms with E-state index in [1.807, 2.05) is 6.07 Å². The van der Waals surface area contributed by atoms with E-state index >= 15 is 0 Å². The molecule has 1 unspecified atom stereocenters. The number of benzene rings is 1. The molecule has 0 N–H and O–H groups in total. The van der Waals surface area contributed by atoms with E-state index in [0.717, 1.165) is 0 Å². The quantitative estimate of drug-likeness (QED) is 0.289. The average Bonchev–Trinajstić information content (AvgIpc) is 2.93. The molecule has 0 saturated heterocycles. The number of aryl methyl sites for hydroxylation is 1. The van der Waals surface area contributed by atoms with Crippen LogP contribution in [0.25, 0.3) is 0 Å². The van der Waals surface area contributed by atoms with Crippen LogP contribution in [0, 0.1) is 0 Å².